The zero-order chi connectivity index (χ0) is 14.0. The van der Waals surface area contributed by atoms with Crippen LogP contribution in [0.3, 0.4) is 0 Å². The van der Waals surface area contributed by atoms with Gasteiger partial charge in [-0.3, -0.25) is 0 Å². The molecule has 1 heterocycles. The minimum atomic E-state index is -4.39. The molecule has 0 saturated heterocycles. The number of alkyl halides is 3. The van der Waals surface area contributed by atoms with Crippen LogP contribution in [0.2, 0.25) is 0 Å². The second-order valence-electron chi connectivity index (χ2n) is 3.82. The van der Waals surface area contributed by atoms with Crippen LogP contribution in [-0.4, -0.2) is 21.9 Å². The number of nitrogens with two attached hydrogens (primary N) is 1. The van der Waals surface area contributed by atoms with Crippen LogP contribution in [0.15, 0.2) is 28.8 Å². The van der Waals surface area contributed by atoms with Crippen molar-refractivity contribution in [1.29, 1.82) is 0 Å². The van der Waals surface area contributed by atoms with Crippen molar-refractivity contribution in [1.82, 2.24) is 10.1 Å². The average Bonchev–Trinajstić information content (AvgIpc) is 2.86. The summed E-state index contributed by atoms with van der Waals surface area (Å²) in [6.45, 7) is -0.355. The maximum Gasteiger partial charge on any atom is 0.416 e. The van der Waals surface area contributed by atoms with Gasteiger partial charge in [0.15, 0.2) is 5.82 Å². The molecule has 5 nitrogen and oxygen atoms in total. The second-order valence-corrected chi connectivity index (χ2v) is 3.82. The standard InChI is InChI=1S/C11H10F3N3O2/c12-11(13,14)7-3-1-6(2-4-7)10-16-9(17-19-10)8(15)5-18/h1-4,8,18H,5,15H2. The minimum Gasteiger partial charge on any atom is -0.394 e. The number of aromatic nitrogens is 2. The summed E-state index contributed by atoms with van der Waals surface area (Å²) in [4.78, 5) is 3.90. The van der Waals surface area contributed by atoms with Crippen molar-refractivity contribution in [2.75, 3.05) is 6.61 Å². The molecule has 3 N–H and O–H groups in total. The van der Waals surface area contributed by atoms with Crippen LogP contribution in [-0.2, 0) is 6.18 Å². The van der Waals surface area contributed by atoms with E-state index in [-0.39, 0.29) is 18.3 Å². The molecular weight excluding hydrogens is 263 g/mol. The van der Waals surface area contributed by atoms with Crippen molar-refractivity contribution < 1.29 is 22.8 Å². The van der Waals surface area contributed by atoms with Crippen LogP contribution in [0, 0.1) is 0 Å². The first-order valence-corrected chi connectivity index (χ1v) is 5.29. The molecular formula is C11H10F3N3O2. The molecule has 0 aliphatic carbocycles. The summed E-state index contributed by atoms with van der Waals surface area (Å²) in [6.07, 6.45) is -4.39. The van der Waals surface area contributed by atoms with E-state index in [1.807, 2.05) is 0 Å². The van der Waals surface area contributed by atoms with Gasteiger partial charge < -0.3 is 15.4 Å². The number of benzene rings is 1. The fourth-order valence-electron chi connectivity index (χ4n) is 1.39. The van der Waals surface area contributed by atoms with E-state index in [2.05, 4.69) is 10.1 Å². The molecule has 0 aliphatic heterocycles. The van der Waals surface area contributed by atoms with Gasteiger partial charge in [0.2, 0.25) is 0 Å². The molecule has 19 heavy (non-hydrogen) atoms. The van der Waals surface area contributed by atoms with E-state index in [0.29, 0.717) is 5.56 Å². The zero-order valence-corrected chi connectivity index (χ0v) is 9.55. The number of nitrogens with zero attached hydrogens (tertiary/aromatic N) is 2. The molecule has 2 rings (SSSR count). The SMILES string of the molecule is NC(CO)c1noc(-c2ccc(C(F)(F)F)cc2)n1. The summed E-state index contributed by atoms with van der Waals surface area (Å²) < 4.78 is 42.0. The van der Waals surface area contributed by atoms with Crippen LogP contribution < -0.4 is 5.73 Å². The van der Waals surface area contributed by atoms with Gasteiger partial charge >= 0.3 is 6.18 Å². The van der Waals surface area contributed by atoms with Crippen LogP contribution in [0.5, 0.6) is 0 Å². The third-order valence-corrected chi connectivity index (χ3v) is 2.43. The Morgan fingerprint density at radius 3 is 2.42 bits per heavy atom. The first kappa shape index (κ1) is 13.5. The molecule has 0 amide bonds. The number of halogens is 3. The van der Waals surface area contributed by atoms with Gasteiger partial charge in [0.1, 0.15) is 0 Å². The molecule has 0 bridgehead atoms. The van der Waals surface area contributed by atoms with Gasteiger partial charge in [0, 0.05) is 5.56 Å². The van der Waals surface area contributed by atoms with E-state index in [9.17, 15) is 13.2 Å². The number of aliphatic hydroxyl groups is 1. The number of hydrogen-bond acceptors (Lipinski definition) is 5. The Bertz CT molecular complexity index is 551. The summed E-state index contributed by atoms with van der Waals surface area (Å²) in [5.74, 6) is 0.144. The normalized spacial score (nSPS) is 13.5. The predicted octanol–water partition coefficient (Wildman–Crippen LogP) is 1.75. The van der Waals surface area contributed by atoms with Gasteiger partial charge in [-0.2, -0.15) is 18.2 Å². The maximum atomic E-state index is 12.4. The van der Waals surface area contributed by atoms with Gasteiger partial charge in [0.25, 0.3) is 5.89 Å². The summed E-state index contributed by atoms with van der Waals surface area (Å²) >= 11 is 0. The smallest absolute Gasteiger partial charge is 0.394 e. The molecule has 0 spiro atoms. The Labute approximate surface area is 105 Å². The molecule has 1 aromatic heterocycles. The Morgan fingerprint density at radius 2 is 1.89 bits per heavy atom. The summed E-state index contributed by atoms with van der Waals surface area (Å²) in [6, 6.07) is 3.51. The van der Waals surface area contributed by atoms with Crippen LogP contribution in [0.25, 0.3) is 11.5 Å². The third-order valence-electron chi connectivity index (χ3n) is 2.43. The first-order chi connectivity index (χ1) is 8.91. The first-order valence-electron chi connectivity index (χ1n) is 5.29. The van der Waals surface area contributed by atoms with Crippen molar-refractivity contribution in [3.05, 3.63) is 35.7 Å². The van der Waals surface area contributed by atoms with Crippen LogP contribution >= 0.6 is 0 Å². The van der Waals surface area contributed by atoms with Crippen LogP contribution in [0.1, 0.15) is 17.4 Å². The van der Waals surface area contributed by atoms with Crippen molar-refractivity contribution in [3.63, 3.8) is 0 Å². The molecule has 0 fully saturated rings. The Hall–Kier alpha value is -1.93. The van der Waals surface area contributed by atoms with Crippen molar-refractivity contribution in [2.24, 2.45) is 5.73 Å². The molecule has 0 radical (unpaired) electrons. The van der Waals surface area contributed by atoms with Gasteiger partial charge in [-0.25, -0.2) is 0 Å². The quantitative estimate of drug-likeness (QED) is 0.889. The number of hydrogen-bond donors (Lipinski definition) is 2. The van der Waals surface area contributed by atoms with Gasteiger partial charge in [-0.15, -0.1) is 0 Å². The summed E-state index contributed by atoms with van der Waals surface area (Å²) in [5, 5.41) is 12.4. The van der Waals surface area contributed by atoms with Gasteiger partial charge in [-0.05, 0) is 24.3 Å². The van der Waals surface area contributed by atoms with Crippen molar-refractivity contribution in [3.8, 4) is 11.5 Å². The van der Waals surface area contributed by atoms with E-state index in [1.165, 1.54) is 12.1 Å². The Morgan fingerprint density at radius 1 is 1.26 bits per heavy atom. The lowest BCUT2D eigenvalue weighted by Crippen LogP contribution is -2.15. The number of rotatable bonds is 3. The number of aliphatic hydroxyl groups excluding tert-OH is 1. The Balaban J connectivity index is 2.25. The molecule has 2 aromatic rings. The zero-order valence-electron chi connectivity index (χ0n) is 9.55. The van der Waals surface area contributed by atoms with Gasteiger partial charge in [-0.1, -0.05) is 5.16 Å². The lowest BCUT2D eigenvalue weighted by Gasteiger charge is -2.05. The van der Waals surface area contributed by atoms with E-state index < -0.39 is 17.8 Å². The highest BCUT2D eigenvalue weighted by molar-refractivity contribution is 5.53. The largest absolute Gasteiger partial charge is 0.416 e. The highest BCUT2D eigenvalue weighted by Gasteiger charge is 2.30. The monoisotopic (exact) mass is 273 g/mol. The van der Waals surface area contributed by atoms with Crippen molar-refractivity contribution in [2.45, 2.75) is 12.2 Å². The van der Waals surface area contributed by atoms with Gasteiger partial charge in [0.05, 0.1) is 18.2 Å². The topological polar surface area (TPSA) is 85.2 Å². The molecule has 0 aliphatic rings. The van der Waals surface area contributed by atoms with E-state index in [1.54, 1.807) is 0 Å². The lowest BCUT2D eigenvalue weighted by atomic mass is 10.1. The van der Waals surface area contributed by atoms with Crippen molar-refractivity contribution >= 4 is 0 Å². The highest BCUT2D eigenvalue weighted by Crippen LogP contribution is 2.30. The fourth-order valence-corrected chi connectivity index (χ4v) is 1.39. The third kappa shape index (κ3) is 2.91. The molecule has 1 aromatic carbocycles. The molecule has 1 unspecified atom stereocenters. The molecule has 0 saturated carbocycles. The van der Waals surface area contributed by atoms with Crippen LogP contribution in [0.4, 0.5) is 13.2 Å². The summed E-state index contributed by atoms with van der Waals surface area (Å²) in [5.41, 5.74) is 5.07. The van der Waals surface area contributed by atoms with E-state index in [4.69, 9.17) is 15.4 Å². The van der Waals surface area contributed by atoms with E-state index in [0.717, 1.165) is 12.1 Å². The lowest BCUT2D eigenvalue weighted by molar-refractivity contribution is -0.137. The minimum absolute atomic E-state index is 0.0487. The summed E-state index contributed by atoms with van der Waals surface area (Å²) in [7, 11) is 0. The molecule has 8 heteroatoms. The second kappa shape index (κ2) is 4.98. The van der Waals surface area contributed by atoms with E-state index >= 15 is 0 Å². The predicted molar refractivity (Wildman–Crippen MR) is 58.8 cm³/mol. The average molecular weight is 273 g/mol. The maximum absolute atomic E-state index is 12.4. The molecule has 102 valence electrons. The Kier molecular flexibility index (Phi) is 3.54. The fraction of sp³-hybridized carbons (Fsp3) is 0.273. The highest BCUT2D eigenvalue weighted by atomic mass is 19.4. The molecule has 1 atom stereocenters.